The Balaban J connectivity index is 1.80. The molecule has 8 heteroatoms. The van der Waals surface area contributed by atoms with Crippen molar-refractivity contribution in [2.24, 2.45) is 11.1 Å². The van der Waals surface area contributed by atoms with E-state index in [2.05, 4.69) is 22.8 Å². The van der Waals surface area contributed by atoms with Crippen molar-refractivity contribution in [3.8, 4) is 12.1 Å². The van der Waals surface area contributed by atoms with E-state index in [9.17, 15) is 15.3 Å². The molecule has 1 aliphatic heterocycles. The Morgan fingerprint density at radius 3 is 2.62 bits per heavy atom. The summed E-state index contributed by atoms with van der Waals surface area (Å²) in [4.78, 5) is 12.5. The highest BCUT2D eigenvalue weighted by molar-refractivity contribution is 8.03. The molecule has 0 radical (unpaired) electrons. The van der Waals surface area contributed by atoms with Crippen molar-refractivity contribution < 1.29 is 4.79 Å². The third-order valence-electron chi connectivity index (χ3n) is 5.52. The largest absolute Gasteiger partial charge is 0.384 e. The second-order valence-corrected chi connectivity index (χ2v) is 8.63. The summed E-state index contributed by atoms with van der Waals surface area (Å²) < 4.78 is 0. The molecular weight excluding hydrogens is 406 g/mol. The quantitative estimate of drug-likeness (QED) is 0.659. The fourth-order valence-electron chi connectivity index (χ4n) is 4.00. The van der Waals surface area contributed by atoms with Crippen LogP contribution in [0.25, 0.3) is 0 Å². The van der Waals surface area contributed by atoms with E-state index in [4.69, 9.17) is 17.3 Å². The Morgan fingerprint density at radius 1 is 1.28 bits per heavy atom. The van der Waals surface area contributed by atoms with Crippen molar-refractivity contribution in [1.82, 2.24) is 5.32 Å². The zero-order valence-corrected chi connectivity index (χ0v) is 17.7. The van der Waals surface area contributed by atoms with Gasteiger partial charge < -0.3 is 16.4 Å². The van der Waals surface area contributed by atoms with E-state index in [1.807, 2.05) is 6.92 Å². The van der Waals surface area contributed by atoms with Crippen molar-refractivity contribution in [3.05, 3.63) is 50.8 Å². The number of hydrogen-bond acceptors (Lipinski definition) is 6. The zero-order valence-electron chi connectivity index (χ0n) is 16.1. The van der Waals surface area contributed by atoms with Crippen LogP contribution in [-0.2, 0) is 4.79 Å². The number of nitriles is 2. The second kappa shape index (κ2) is 8.82. The number of rotatable bonds is 4. The minimum Gasteiger partial charge on any atom is -0.384 e. The van der Waals surface area contributed by atoms with Crippen LogP contribution in [0.3, 0.4) is 0 Å². The van der Waals surface area contributed by atoms with Gasteiger partial charge in [0.15, 0.2) is 0 Å². The van der Waals surface area contributed by atoms with Gasteiger partial charge in [0.1, 0.15) is 5.82 Å². The molecule has 1 saturated carbocycles. The first-order chi connectivity index (χ1) is 13.9. The Morgan fingerprint density at radius 2 is 1.97 bits per heavy atom. The van der Waals surface area contributed by atoms with Crippen LogP contribution < -0.4 is 16.4 Å². The standard InChI is InChI=1S/C21H22ClN5OS/c1-13-16(22)6-5-7-17(13)26-18(28)12-29-20-15(11-24)21(8-3-2-4-9-21)14(10-23)19(25)27-20/h5-7,27H,2-4,8-9,12,25H2,1H3,(H,26,28). The van der Waals surface area contributed by atoms with E-state index in [0.29, 0.717) is 26.9 Å². The summed E-state index contributed by atoms with van der Waals surface area (Å²) in [5.74, 6) is 0.172. The van der Waals surface area contributed by atoms with E-state index in [-0.39, 0.29) is 17.5 Å². The van der Waals surface area contributed by atoms with Gasteiger partial charge in [-0.2, -0.15) is 10.5 Å². The summed E-state index contributed by atoms with van der Waals surface area (Å²) in [6.07, 6.45) is 4.40. The number of carbonyl (C=O) groups excluding carboxylic acids is 1. The molecule has 1 spiro atoms. The highest BCUT2D eigenvalue weighted by Crippen LogP contribution is 2.51. The number of amides is 1. The van der Waals surface area contributed by atoms with Crippen molar-refractivity contribution in [2.45, 2.75) is 39.0 Å². The molecule has 1 aliphatic carbocycles. The number of halogens is 1. The fraction of sp³-hybridized carbons (Fsp3) is 0.381. The minimum atomic E-state index is -0.639. The lowest BCUT2D eigenvalue weighted by molar-refractivity contribution is -0.113. The van der Waals surface area contributed by atoms with Gasteiger partial charge in [-0.15, -0.1) is 0 Å². The van der Waals surface area contributed by atoms with Crippen molar-refractivity contribution in [2.75, 3.05) is 11.1 Å². The molecule has 2 aliphatic rings. The minimum absolute atomic E-state index is 0.102. The van der Waals surface area contributed by atoms with Crippen LogP contribution in [0, 0.1) is 35.0 Å². The molecule has 0 aromatic heterocycles. The molecule has 1 aromatic carbocycles. The lowest BCUT2D eigenvalue weighted by Gasteiger charge is -2.40. The number of nitrogens with zero attached hydrogens (tertiary/aromatic N) is 2. The molecular formula is C21H22ClN5OS. The lowest BCUT2D eigenvalue weighted by Crippen LogP contribution is -2.39. The maximum atomic E-state index is 12.5. The number of nitrogens with one attached hydrogen (secondary N) is 2. The molecule has 29 heavy (non-hydrogen) atoms. The van der Waals surface area contributed by atoms with Crippen LogP contribution in [0.15, 0.2) is 40.2 Å². The third kappa shape index (κ3) is 4.07. The summed E-state index contributed by atoms with van der Waals surface area (Å²) in [6, 6.07) is 9.84. The Labute approximate surface area is 179 Å². The first kappa shape index (κ1) is 21.1. The van der Waals surface area contributed by atoms with Crippen LogP contribution in [0.4, 0.5) is 5.69 Å². The van der Waals surface area contributed by atoms with E-state index in [1.165, 1.54) is 11.8 Å². The Bertz CT molecular complexity index is 980. The summed E-state index contributed by atoms with van der Waals surface area (Å²) in [5.41, 5.74) is 7.91. The van der Waals surface area contributed by atoms with Crippen LogP contribution in [0.1, 0.15) is 37.7 Å². The average Bonchev–Trinajstić information content (AvgIpc) is 2.70. The lowest BCUT2D eigenvalue weighted by atomic mass is 9.64. The predicted molar refractivity (Wildman–Crippen MR) is 115 cm³/mol. The first-order valence-electron chi connectivity index (χ1n) is 9.43. The molecule has 6 nitrogen and oxygen atoms in total. The highest BCUT2D eigenvalue weighted by Gasteiger charge is 2.45. The molecule has 0 atom stereocenters. The molecule has 1 amide bonds. The second-order valence-electron chi connectivity index (χ2n) is 7.23. The number of nitrogens with two attached hydrogens (primary N) is 1. The molecule has 0 saturated heterocycles. The zero-order chi connectivity index (χ0) is 21.0. The van der Waals surface area contributed by atoms with Gasteiger partial charge >= 0.3 is 0 Å². The maximum absolute atomic E-state index is 12.5. The number of thioether (sulfide) groups is 1. The van der Waals surface area contributed by atoms with Crippen LogP contribution in [0.2, 0.25) is 5.02 Å². The van der Waals surface area contributed by atoms with Gasteiger partial charge in [-0.05, 0) is 37.5 Å². The van der Waals surface area contributed by atoms with Crippen LogP contribution in [0.5, 0.6) is 0 Å². The normalized spacial score (nSPS) is 18.1. The first-order valence-corrected chi connectivity index (χ1v) is 10.8. The topological polar surface area (TPSA) is 115 Å². The average molecular weight is 428 g/mol. The molecule has 0 unspecified atom stereocenters. The SMILES string of the molecule is Cc1c(Cl)cccc1NC(=O)CSC1=C(C#N)C2(CCCCC2)C(C#N)=C(N)N1. The van der Waals surface area contributed by atoms with E-state index in [0.717, 1.165) is 37.7 Å². The van der Waals surface area contributed by atoms with Gasteiger partial charge in [-0.3, -0.25) is 4.79 Å². The molecule has 4 N–H and O–H groups in total. The van der Waals surface area contributed by atoms with Crippen molar-refractivity contribution in [1.29, 1.82) is 10.5 Å². The number of dihydropyridines is 1. The summed E-state index contributed by atoms with van der Waals surface area (Å²) >= 11 is 7.33. The Hall–Kier alpha value is -2.61. The summed E-state index contributed by atoms with van der Waals surface area (Å²) in [6.45, 7) is 1.84. The highest BCUT2D eigenvalue weighted by atomic mass is 35.5. The van der Waals surface area contributed by atoms with Gasteiger partial charge in [0, 0.05) is 16.1 Å². The van der Waals surface area contributed by atoms with Gasteiger partial charge in [0.2, 0.25) is 5.91 Å². The van der Waals surface area contributed by atoms with Crippen LogP contribution >= 0.6 is 23.4 Å². The third-order valence-corrected chi connectivity index (χ3v) is 6.93. The number of benzene rings is 1. The number of allylic oxidation sites excluding steroid dienone is 2. The van der Waals surface area contributed by atoms with Gasteiger partial charge in [0.05, 0.1) is 34.1 Å². The molecule has 150 valence electrons. The smallest absolute Gasteiger partial charge is 0.234 e. The number of anilines is 1. The van der Waals surface area contributed by atoms with Gasteiger partial charge in [-0.1, -0.05) is 48.7 Å². The molecule has 0 bridgehead atoms. The molecule has 1 aromatic rings. The van der Waals surface area contributed by atoms with E-state index >= 15 is 0 Å². The summed E-state index contributed by atoms with van der Waals surface area (Å²) in [7, 11) is 0. The van der Waals surface area contributed by atoms with Crippen molar-refractivity contribution in [3.63, 3.8) is 0 Å². The Kier molecular flexibility index (Phi) is 6.42. The molecule has 1 heterocycles. The van der Waals surface area contributed by atoms with E-state index < -0.39 is 5.41 Å². The van der Waals surface area contributed by atoms with Crippen LogP contribution in [-0.4, -0.2) is 11.7 Å². The predicted octanol–water partition coefficient (Wildman–Crippen LogP) is 4.30. The number of carbonyl (C=O) groups is 1. The molecule has 3 rings (SSSR count). The van der Waals surface area contributed by atoms with Crippen molar-refractivity contribution >= 4 is 35.0 Å². The van der Waals surface area contributed by atoms with Gasteiger partial charge in [-0.25, -0.2) is 0 Å². The number of hydrogen-bond donors (Lipinski definition) is 3. The monoisotopic (exact) mass is 427 g/mol. The van der Waals surface area contributed by atoms with Gasteiger partial charge in [0.25, 0.3) is 0 Å². The summed E-state index contributed by atoms with van der Waals surface area (Å²) in [5, 5.41) is 26.5. The maximum Gasteiger partial charge on any atom is 0.234 e. The molecule has 1 fully saturated rings. The van der Waals surface area contributed by atoms with E-state index in [1.54, 1.807) is 18.2 Å². The fourth-order valence-corrected chi connectivity index (χ4v) is 5.09.